The number of halogens is 4. The molecule has 0 spiro atoms. The lowest BCUT2D eigenvalue weighted by Crippen LogP contribution is -2.54. The maximum Gasteiger partial charge on any atom is 0.325 e. The molecule has 0 aliphatic carbocycles. The van der Waals surface area contributed by atoms with Crippen molar-refractivity contribution in [2.75, 3.05) is 13.6 Å². The molecule has 6 nitrogen and oxygen atoms in total. The zero-order valence-corrected chi connectivity index (χ0v) is 24.9. The molecule has 0 radical (unpaired) electrons. The van der Waals surface area contributed by atoms with E-state index in [0.29, 0.717) is 6.42 Å². The van der Waals surface area contributed by atoms with Gasteiger partial charge in [0, 0.05) is 22.5 Å². The van der Waals surface area contributed by atoms with Crippen molar-refractivity contribution in [3.8, 4) is 0 Å². The minimum Gasteiger partial charge on any atom is -0.459 e. The SMILES string of the molecule is CN[C@@]1(c2ccc(Cl)cc2F)C(c2cccc(Cl)c2F)[C@H](C(=O)NCC(=O)OC(C)(C)C)N[C@H]1CC(C)(C)C. The van der Waals surface area contributed by atoms with E-state index in [1.165, 1.54) is 12.1 Å². The van der Waals surface area contributed by atoms with Crippen LogP contribution in [0.4, 0.5) is 8.78 Å². The van der Waals surface area contributed by atoms with Crippen molar-refractivity contribution in [2.45, 2.75) is 77.1 Å². The van der Waals surface area contributed by atoms with E-state index in [1.807, 2.05) is 20.8 Å². The van der Waals surface area contributed by atoms with E-state index < -0.39 is 52.7 Å². The molecule has 1 heterocycles. The first-order chi connectivity index (χ1) is 18.0. The van der Waals surface area contributed by atoms with Gasteiger partial charge in [-0.2, -0.15) is 0 Å². The first-order valence-electron chi connectivity index (χ1n) is 12.8. The molecule has 1 unspecified atom stereocenters. The number of likely N-dealkylation sites (N-methyl/N-ethyl adjacent to an activating group) is 1. The lowest BCUT2D eigenvalue weighted by atomic mass is 9.67. The fraction of sp³-hybridized carbons (Fsp3) is 0.517. The number of hydrogen-bond donors (Lipinski definition) is 3. The third-order valence-corrected chi connectivity index (χ3v) is 7.31. The Bertz CT molecular complexity index is 1230. The second-order valence-corrected chi connectivity index (χ2v) is 13.0. The van der Waals surface area contributed by atoms with Gasteiger partial charge in [0.25, 0.3) is 0 Å². The van der Waals surface area contributed by atoms with Gasteiger partial charge in [-0.15, -0.1) is 0 Å². The van der Waals surface area contributed by atoms with Crippen molar-refractivity contribution < 1.29 is 23.1 Å². The fourth-order valence-electron chi connectivity index (χ4n) is 5.46. The standard InChI is InChI=1S/C29H37Cl2F2N3O3/c1-27(2,3)14-21-29(34-7,18-12-11-16(30)13-20(18)32)23(17-9-8-10-19(31)24(17)33)25(36-21)26(38)35-15-22(37)39-28(4,5)6/h8-13,21,23,25,34,36H,14-15H2,1-7H3,(H,35,38)/t21-,23?,25+,29+/m0/s1. The summed E-state index contributed by atoms with van der Waals surface area (Å²) in [5.41, 5.74) is -1.94. The molecule has 39 heavy (non-hydrogen) atoms. The van der Waals surface area contributed by atoms with Gasteiger partial charge in [0.2, 0.25) is 5.91 Å². The molecular weight excluding hydrogens is 547 g/mol. The molecule has 2 aromatic carbocycles. The summed E-state index contributed by atoms with van der Waals surface area (Å²) in [6.07, 6.45) is 0.491. The van der Waals surface area contributed by atoms with Crippen molar-refractivity contribution in [1.82, 2.24) is 16.0 Å². The number of benzene rings is 2. The molecule has 1 amide bonds. The maximum atomic E-state index is 15.7. The summed E-state index contributed by atoms with van der Waals surface area (Å²) in [4.78, 5) is 26.1. The van der Waals surface area contributed by atoms with Crippen LogP contribution in [0.2, 0.25) is 10.0 Å². The smallest absolute Gasteiger partial charge is 0.325 e. The summed E-state index contributed by atoms with van der Waals surface area (Å²) in [6, 6.07) is 7.26. The Labute approximate surface area is 239 Å². The van der Waals surface area contributed by atoms with Crippen LogP contribution in [-0.2, 0) is 19.9 Å². The van der Waals surface area contributed by atoms with Crippen LogP contribution < -0.4 is 16.0 Å². The van der Waals surface area contributed by atoms with Crippen molar-refractivity contribution in [1.29, 1.82) is 0 Å². The molecule has 0 bridgehead atoms. The van der Waals surface area contributed by atoms with E-state index in [-0.39, 0.29) is 33.1 Å². The molecule has 0 saturated carbocycles. The lowest BCUT2D eigenvalue weighted by Gasteiger charge is -2.43. The minimum absolute atomic E-state index is 0.124. The maximum absolute atomic E-state index is 15.7. The normalized spacial score (nSPS) is 23.5. The highest BCUT2D eigenvalue weighted by molar-refractivity contribution is 6.31. The lowest BCUT2D eigenvalue weighted by molar-refractivity contribution is -0.154. The Morgan fingerprint density at radius 1 is 1.08 bits per heavy atom. The summed E-state index contributed by atoms with van der Waals surface area (Å²) in [5.74, 6) is -3.45. The zero-order chi connectivity index (χ0) is 29.3. The summed E-state index contributed by atoms with van der Waals surface area (Å²) >= 11 is 12.3. The summed E-state index contributed by atoms with van der Waals surface area (Å²) < 4.78 is 36.7. The highest BCUT2D eigenvalue weighted by Gasteiger charge is 2.59. The van der Waals surface area contributed by atoms with E-state index in [9.17, 15) is 9.59 Å². The summed E-state index contributed by atoms with van der Waals surface area (Å²) in [6.45, 7) is 10.9. The van der Waals surface area contributed by atoms with Crippen LogP contribution in [0.15, 0.2) is 36.4 Å². The van der Waals surface area contributed by atoms with Gasteiger partial charge >= 0.3 is 5.97 Å². The Balaban J connectivity index is 2.20. The highest BCUT2D eigenvalue weighted by Crippen LogP contribution is 2.51. The molecule has 1 aliphatic heterocycles. The van der Waals surface area contributed by atoms with Crippen molar-refractivity contribution >= 4 is 35.1 Å². The number of carbonyl (C=O) groups is 2. The van der Waals surface area contributed by atoms with Gasteiger partial charge in [-0.05, 0) is 63.4 Å². The van der Waals surface area contributed by atoms with E-state index in [4.69, 9.17) is 27.9 Å². The number of nitrogens with one attached hydrogen (secondary N) is 3. The Morgan fingerprint density at radius 2 is 1.74 bits per heavy atom. The van der Waals surface area contributed by atoms with E-state index in [0.717, 1.165) is 0 Å². The first kappa shape index (κ1) is 31.3. The second kappa shape index (κ2) is 11.7. The van der Waals surface area contributed by atoms with E-state index >= 15 is 8.78 Å². The molecule has 3 rings (SSSR count). The molecule has 0 aromatic heterocycles. The molecule has 1 aliphatic rings. The molecule has 1 fully saturated rings. The number of hydrogen-bond acceptors (Lipinski definition) is 5. The van der Waals surface area contributed by atoms with E-state index in [1.54, 1.807) is 52.1 Å². The van der Waals surface area contributed by atoms with Crippen LogP contribution in [0.25, 0.3) is 0 Å². The van der Waals surface area contributed by atoms with Gasteiger partial charge in [0.1, 0.15) is 23.8 Å². The van der Waals surface area contributed by atoms with Crippen LogP contribution in [0.5, 0.6) is 0 Å². The van der Waals surface area contributed by atoms with Crippen molar-refractivity contribution in [3.63, 3.8) is 0 Å². The molecular formula is C29H37Cl2F2N3O3. The average Bonchev–Trinajstić information content (AvgIpc) is 3.11. The number of carbonyl (C=O) groups excluding carboxylic acids is 2. The van der Waals surface area contributed by atoms with Crippen LogP contribution in [-0.4, -0.2) is 43.2 Å². The fourth-order valence-corrected chi connectivity index (χ4v) is 5.80. The van der Waals surface area contributed by atoms with Gasteiger partial charge in [0.05, 0.1) is 16.6 Å². The third kappa shape index (κ3) is 6.91. The second-order valence-electron chi connectivity index (χ2n) is 12.1. The topological polar surface area (TPSA) is 79.5 Å². The number of esters is 1. The van der Waals surface area contributed by atoms with Gasteiger partial charge in [0.15, 0.2) is 0 Å². The summed E-state index contributed by atoms with van der Waals surface area (Å²) in [5, 5.41) is 9.35. The Kier molecular flexibility index (Phi) is 9.37. The molecule has 1 saturated heterocycles. The quantitative estimate of drug-likeness (QED) is 0.364. The summed E-state index contributed by atoms with van der Waals surface area (Å²) in [7, 11) is 1.65. The zero-order valence-electron chi connectivity index (χ0n) is 23.3. The molecule has 4 atom stereocenters. The number of amides is 1. The predicted octanol–water partition coefficient (Wildman–Crippen LogP) is 5.70. The average molecular weight is 585 g/mol. The third-order valence-electron chi connectivity index (χ3n) is 6.79. The van der Waals surface area contributed by atoms with Crippen molar-refractivity contribution in [3.05, 3.63) is 69.2 Å². The monoisotopic (exact) mass is 583 g/mol. The molecule has 3 N–H and O–H groups in total. The Hall–Kier alpha value is -2.26. The number of ether oxygens (including phenoxy) is 1. The van der Waals surface area contributed by atoms with Gasteiger partial charge in [-0.25, -0.2) is 8.78 Å². The van der Waals surface area contributed by atoms with Crippen LogP contribution in [0.1, 0.15) is 65.0 Å². The van der Waals surface area contributed by atoms with Crippen LogP contribution in [0.3, 0.4) is 0 Å². The molecule has 214 valence electrons. The number of rotatable bonds is 7. The minimum atomic E-state index is -1.30. The van der Waals surface area contributed by atoms with Gasteiger partial charge in [-0.1, -0.05) is 62.2 Å². The van der Waals surface area contributed by atoms with E-state index in [2.05, 4.69) is 16.0 Å². The predicted molar refractivity (Wildman–Crippen MR) is 150 cm³/mol. The van der Waals surface area contributed by atoms with Crippen LogP contribution in [0, 0.1) is 17.0 Å². The molecule has 10 heteroatoms. The Morgan fingerprint density at radius 3 is 2.31 bits per heavy atom. The largest absolute Gasteiger partial charge is 0.459 e. The van der Waals surface area contributed by atoms with Gasteiger partial charge in [-0.3, -0.25) is 9.59 Å². The van der Waals surface area contributed by atoms with Crippen molar-refractivity contribution in [2.24, 2.45) is 5.41 Å². The van der Waals surface area contributed by atoms with Gasteiger partial charge < -0.3 is 20.7 Å². The highest BCUT2D eigenvalue weighted by atomic mass is 35.5. The molecule has 2 aromatic rings. The van der Waals surface area contributed by atoms with Crippen LogP contribution >= 0.6 is 23.2 Å². The first-order valence-corrected chi connectivity index (χ1v) is 13.6.